The van der Waals surface area contributed by atoms with Crippen molar-refractivity contribution in [3.63, 3.8) is 0 Å². The molecule has 3 rings (SSSR count). The average molecular weight is 304 g/mol. The highest BCUT2D eigenvalue weighted by atomic mass is 14.9. The van der Waals surface area contributed by atoms with Crippen LogP contribution >= 0.6 is 0 Å². The van der Waals surface area contributed by atoms with Crippen molar-refractivity contribution in [2.45, 2.75) is 19.6 Å². The molecule has 0 saturated heterocycles. The molecule has 0 fully saturated rings. The molecule has 23 heavy (non-hydrogen) atoms. The van der Waals surface area contributed by atoms with Crippen molar-refractivity contribution >= 4 is 5.69 Å². The largest absolute Gasteiger partial charge is 0.339 e. The first-order chi connectivity index (χ1) is 11.4. The summed E-state index contributed by atoms with van der Waals surface area (Å²) < 4.78 is 0. The molecule has 0 heterocycles. The van der Waals surface area contributed by atoms with Crippen LogP contribution in [0.3, 0.4) is 0 Å². The first kappa shape index (κ1) is 15.5. The monoisotopic (exact) mass is 304 g/mol. The number of hydrogen-bond donors (Lipinski definition) is 2. The van der Waals surface area contributed by atoms with Gasteiger partial charge in [0.1, 0.15) is 25.3 Å². The van der Waals surface area contributed by atoms with Crippen LogP contribution < -0.4 is 10.6 Å². The maximum absolute atomic E-state index is 2.35. The van der Waals surface area contributed by atoms with Crippen molar-refractivity contribution < 1.29 is 10.6 Å². The van der Waals surface area contributed by atoms with Crippen LogP contribution in [0, 0.1) is 0 Å². The Labute approximate surface area is 138 Å². The zero-order chi connectivity index (χ0) is 15.7. The van der Waals surface area contributed by atoms with Gasteiger partial charge in [0.05, 0.1) is 0 Å². The Morgan fingerprint density at radius 2 is 1.09 bits per heavy atom. The first-order valence-corrected chi connectivity index (χ1v) is 8.22. The van der Waals surface area contributed by atoms with E-state index >= 15 is 0 Å². The smallest absolute Gasteiger partial charge is 0.130 e. The van der Waals surface area contributed by atoms with E-state index in [0.29, 0.717) is 0 Å². The molecule has 4 N–H and O–H groups in total. The highest BCUT2D eigenvalue weighted by Gasteiger charge is 2.02. The Morgan fingerprint density at radius 3 is 1.78 bits per heavy atom. The number of hydrogen-bond acceptors (Lipinski definition) is 0. The highest BCUT2D eigenvalue weighted by Crippen LogP contribution is 2.05. The summed E-state index contributed by atoms with van der Waals surface area (Å²) in [7, 11) is 0. The van der Waals surface area contributed by atoms with Crippen molar-refractivity contribution in [1.82, 2.24) is 0 Å². The second-order valence-electron chi connectivity index (χ2n) is 5.82. The van der Waals surface area contributed by atoms with Gasteiger partial charge in [-0.2, -0.15) is 0 Å². The minimum Gasteiger partial charge on any atom is -0.339 e. The minimum atomic E-state index is 0.984. The summed E-state index contributed by atoms with van der Waals surface area (Å²) in [5, 5.41) is 4.65. The Kier molecular flexibility index (Phi) is 5.57. The number of rotatable bonds is 7. The molecule has 0 aliphatic carbocycles. The van der Waals surface area contributed by atoms with Crippen LogP contribution in [0.1, 0.15) is 16.7 Å². The molecular formula is C21H24N2+2. The van der Waals surface area contributed by atoms with E-state index in [4.69, 9.17) is 0 Å². The quantitative estimate of drug-likeness (QED) is 0.628. The molecule has 3 aromatic rings. The summed E-state index contributed by atoms with van der Waals surface area (Å²) in [6.45, 7) is 3.03. The van der Waals surface area contributed by atoms with Gasteiger partial charge in [-0.05, 0) is 6.07 Å². The topological polar surface area (TPSA) is 33.2 Å². The third-order valence-electron chi connectivity index (χ3n) is 3.97. The Bertz CT molecular complexity index is 708. The molecule has 0 bridgehead atoms. The molecule has 0 atom stereocenters. The summed E-state index contributed by atoms with van der Waals surface area (Å²) in [5.74, 6) is 0. The lowest BCUT2D eigenvalue weighted by Gasteiger charge is -2.05. The molecule has 0 aromatic heterocycles. The van der Waals surface area contributed by atoms with Crippen molar-refractivity contribution in [2.24, 2.45) is 0 Å². The molecule has 2 heteroatoms. The van der Waals surface area contributed by atoms with Crippen molar-refractivity contribution in [2.75, 3.05) is 0 Å². The van der Waals surface area contributed by atoms with Gasteiger partial charge in [0.15, 0.2) is 0 Å². The second-order valence-corrected chi connectivity index (χ2v) is 5.82. The van der Waals surface area contributed by atoms with Crippen LogP contribution in [0.5, 0.6) is 0 Å². The lowest BCUT2D eigenvalue weighted by Crippen LogP contribution is -2.81. The Morgan fingerprint density at radius 1 is 0.522 bits per heavy atom. The lowest BCUT2D eigenvalue weighted by molar-refractivity contribution is -0.686. The van der Waals surface area contributed by atoms with E-state index in [0.717, 1.165) is 19.6 Å². The Hall–Kier alpha value is -2.42. The third-order valence-corrected chi connectivity index (χ3v) is 3.97. The van der Waals surface area contributed by atoms with Crippen LogP contribution in [0.4, 0.5) is 5.69 Å². The van der Waals surface area contributed by atoms with Gasteiger partial charge in [-0.15, -0.1) is 0 Å². The van der Waals surface area contributed by atoms with Crippen LogP contribution in [-0.2, 0) is 19.6 Å². The van der Waals surface area contributed by atoms with E-state index in [1.165, 1.54) is 22.4 Å². The molecule has 2 nitrogen and oxygen atoms in total. The summed E-state index contributed by atoms with van der Waals surface area (Å²) in [6, 6.07) is 30.1. The SMILES string of the molecule is c1ccc(C[NH2+]Cc2cccc([NH2+]Cc3ccccc3)c2)cc1. The van der Waals surface area contributed by atoms with Gasteiger partial charge < -0.3 is 10.6 Å². The van der Waals surface area contributed by atoms with Gasteiger partial charge in [-0.25, -0.2) is 0 Å². The minimum absolute atomic E-state index is 0.984. The molecule has 0 saturated carbocycles. The van der Waals surface area contributed by atoms with E-state index < -0.39 is 0 Å². The summed E-state index contributed by atoms with van der Waals surface area (Å²) in [4.78, 5) is 0. The molecule has 0 unspecified atom stereocenters. The van der Waals surface area contributed by atoms with Crippen LogP contribution in [0.2, 0.25) is 0 Å². The predicted molar refractivity (Wildman–Crippen MR) is 93.9 cm³/mol. The Balaban J connectivity index is 1.51. The zero-order valence-corrected chi connectivity index (χ0v) is 13.4. The van der Waals surface area contributed by atoms with Gasteiger partial charge in [0.2, 0.25) is 0 Å². The fourth-order valence-electron chi connectivity index (χ4n) is 2.72. The first-order valence-electron chi connectivity index (χ1n) is 8.22. The van der Waals surface area contributed by atoms with E-state index in [9.17, 15) is 0 Å². The number of quaternary nitrogens is 2. The van der Waals surface area contributed by atoms with E-state index in [2.05, 4.69) is 95.6 Å². The lowest BCUT2D eigenvalue weighted by atomic mass is 10.1. The summed E-state index contributed by atoms with van der Waals surface area (Å²) in [6.07, 6.45) is 0. The second kappa shape index (κ2) is 8.28. The maximum Gasteiger partial charge on any atom is 0.130 e. The van der Waals surface area contributed by atoms with Crippen LogP contribution in [-0.4, -0.2) is 0 Å². The molecule has 0 aliphatic rings. The van der Waals surface area contributed by atoms with Crippen molar-refractivity contribution in [3.8, 4) is 0 Å². The molecule has 0 spiro atoms. The van der Waals surface area contributed by atoms with E-state index in [-0.39, 0.29) is 0 Å². The molecule has 116 valence electrons. The van der Waals surface area contributed by atoms with Gasteiger partial charge in [0.25, 0.3) is 0 Å². The van der Waals surface area contributed by atoms with Gasteiger partial charge >= 0.3 is 0 Å². The number of nitrogens with two attached hydrogens (primary N) is 2. The fourth-order valence-corrected chi connectivity index (χ4v) is 2.72. The van der Waals surface area contributed by atoms with Crippen molar-refractivity contribution in [3.05, 3.63) is 102 Å². The molecule has 3 aromatic carbocycles. The fraction of sp³-hybridized carbons (Fsp3) is 0.143. The summed E-state index contributed by atoms with van der Waals surface area (Å²) in [5.41, 5.74) is 5.41. The van der Waals surface area contributed by atoms with Crippen molar-refractivity contribution in [1.29, 1.82) is 0 Å². The van der Waals surface area contributed by atoms with E-state index in [1.54, 1.807) is 0 Å². The number of benzene rings is 3. The highest BCUT2D eigenvalue weighted by molar-refractivity contribution is 5.33. The van der Waals surface area contributed by atoms with Gasteiger partial charge in [-0.3, -0.25) is 0 Å². The van der Waals surface area contributed by atoms with E-state index in [1.807, 2.05) is 0 Å². The zero-order valence-electron chi connectivity index (χ0n) is 13.4. The maximum atomic E-state index is 2.35. The molecule has 0 aliphatic heterocycles. The standard InChI is InChI=1S/C21H22N2/c1-3-8-18(9-4-1)15-22-16-20-12-7-13-21(14-20)23-17-19-10-5-2-6-11-19/h1-14,22-23H,15-17H2/p+2. The predicted octanol–water partition coefficient (Wildman–Crippen LogP) is 2.35. The normalized spacial score (nSPS) is 10.6. The summed E-state index contributed by atoms with van der Waals surface area (Å²) >= 11 is 0. The van der Waals surface area contributed by atoms with Crippen LogP contribution in [0.25, 0.3) is 0 Å². The average Bonchev–Trinajstić information content (AvgIpc) is 2.62. The third kappa shape index (κ3) is 5.06. The molecule has 0 amide bonds. The van der Waals surface area contributed by atoms with Gasteiger partial charge in [-0.1, -0.05) is 72.8 Å². The van der Waals surface area contributed by atoms with Crippen LogP contribution in [0.15, 0.2) is 84.9 Å². The molecular weight excluding hydrogens is 280 g/mol. The van der Waals surface area contributed by atoms with Gasteiger partial charge in [0, 0.05) is 22.8 Å². The molecule has 0 radical (unpaired) electrons.